The van der Waals surface area contributed by atoms with E-state index in [0.717, 1.165) is 17.0 Å². The second kappa shape index (κ2) is 8.17. The molecule has 0 aliphatic carbocycles. The Morgan fingerprint density at radius 1 is 1.04 bits per heavy atom. The van der Waals surface area contributed by atoms with Gasteiger partial charge < -0.3 is 4.74 Å². The quantitative estimate of drug-likeness (QED) is 0.479. The van der Waals surface area contributed by atoms with Crippen LogP contribution in [0, 0.1) is 13.8 Å². The Balaban J connectivity index is 1.61. The molecule has 6 nitrogen and oxygen atoms in total. The van der Waals surface area contributed by atoms with Crippen molar-refractivity contribution in [2.45, 2.75) is 33.6 Å². The molecule has 0 amide bonds. The first-order valence-corrected chi connectivity index (χ1v) is 9.15. The maximum Gasteiger partial charge on any atom is 0.340 e. The first-order valence-electron chi connectivity index (χ1n) is 9.15. The number of Topliss-reactive ketones (excluding diaryl/α,β-unsaturated/α-hetero) is 1. The van der Waals surface area contributed by atoms with Crippen LogP contribution >= 0.6 is 0 Å². The molecule has 0 N–H and O–H groups in total. The summed E-state index contributed by atoms with van der Waals surface area (Å²) in [6.07, 6.45) is 1.43. The lowest BCUT2D eigenvalue weighted by molar-refractivity contribution is 0.0474. The number of aromatic nitrogens is 3. The van der Waals surface area contributed by atoms with E-state index >= 15 is 0 Å². The standard InChI is InChI=1S/C22H23N3O3/c1-14(2)17-5-7-18(8-6-17)20(26)13-28-22(27)19-9-10-21(23-12-19)25-16(4)11-15(3)24-25/h5-12,14H,13H2,1-4H3. The highest BCUT2D eigenvalue weighted by atomic mass is 16.5. The molecular formula is C22H23N3O3. The lowest BCUT2D eigenvalue weighted by atomic mass is 10.0. The third-order valence-corrected chi connectivity index (χ3v) is 4.44. The summed E-state index contributed by atoms with van der Waals surface area (Å²) in [5, 5.41) is 4.36. The molecule has 0 bridgehead atoms. The van der Waals surface area contributed by atoms with E-state index in [4.69, 9.17) is 4.74 Å². The van der Waals surface area contributed by atoms with Crippen LogP contribution in [-0.2, 0) is 4.74 Å². The highest BCUT2D eigenvalue weighted by Gasteiger charge is 2.13. The van der Waals surface area contributed by atoms with Gasteiger partial charge in [0.1, 0.15) is 0 Å². The Bertz CT molecular complexity index is 987. The number of hydrogen-bond donors (Lipinski definition) is 0. The third kappa shape index (κ3) is 4.34. The average molecular weight is 377 g/mol. The Labute approximate surface area is 164 Å². The maximum atomic E-state index is 12.2. The predicted octanol–water partition coefficient (Wildman–Crippen LogP) is 4.05. The topological polar surface area (TPSA) is 74.1 Å². The number of pyridine rings is 1. The van der Waals surface area contributed by atoms with Crippen LogP contribution in [0.3, 0.4) is 0 Å². The summed E-state index contributed by atoms with van der Waals surface area (Å²) >= 11 is 0. The van der Waals surface area contributed by atoms with Crippen LogP contribution in [-0.4, -0.2) is 33.1 Å². The zero-order chi connectivity index (χ0) is 20.3. The molecule has 2 heterocycles. The lowest BCUT2D eigenvalue weighted by Gasteiger charge is -2.08. The second-order valence-corrected chi connectivity index (χ2v) is 7.02. The number of aryl methyl sites for hydroxylation is 2. The summed E-state index contributed by atoms with van der Waals surface area (Å²) in [4.78, 5) is 28.7. The first-order chi connectivity index (χ1) is 13.3. The van der Waals surface area contributed by atoms with Crippen molar-refractivity contribution >= 4 is 11.8 Å². The molecule has 3 aromatic rings. The fraction of sp³-hybridized carbons (Fsp3) is 0.273. The molecule has 6 heteroatoms. The van der Waals surface area contributed by atoms with E-state index in [1.165, 1.54) is 6.20 Å². The first kappa shape index (κ1) is 19.5. The predicted molar refractivity (Wildman–Crippen MR) is 106 cm³/mol. The number of ether oxygens (including phenoxy) is 1. The van der Waals surface area contributed by atoms with Crippen molar-refractivity contribution in [1.82, 2.24) is 14.8 Å². The van der Waals surface area contributed by atoms with Crippen LogP contribution in [0.15, 0.2) is 48.7 Å². The lowest BCUT2D eigenvalue weighted by Crippen LogP contribution is -2.15. The van der Waals surface area contributed by atoms with Crippen molar-refractivity contribution in [1.29, 1.82) is 0 Å². The van der Waals surface area contributed by atoms with Gasteiger partial charge in [-0.2, -0.15) is 5.10 Å². The van der Waals surface area contributed by atoms with Gasteiger partial charge in [-0.15, -0.1) is 0 Å². The SMILES string of the molecule is Cc1cc(C)n(-c2ccc(C(=O)OCC(=O)c3ccc(C(C)C)cc3)cn2)n1. The van der Waals surface area contributed by atoms with Gasteiger partial charge in [0.25, 0.3) is 0 Å². The van der Waals surface area contributed by atoms with Crippen molar-refractivity contribution < 1.29 is 14.3 Å². The van der Waals surface area contributed by atoms with Crippen molar-refractivity contribution in [2.75, 3.05) is 6.61 Å². The average Bonchev–Trinajstić information content (AvgIpc) is 3.04. The minimum atomic E-state index is -0.584. The number of carbonyl (C=O) groups excluding carboxylic acids is 2. The van der Waals surface area contributed by atoms with Gasteiger partial charge in [-0.1, -0.05) is 38.1 Å². The molecule has 0 radical (unpaired) electrons. The van der Waals surface area contributed by atoms with Crippen LogP contribution in [0.25, 0.3) is 5.82 Å². The molecular weight excluding hydrogens is 354 g/mol. The molecule has 0 aliphatic rings. The van der Waals surface area contributed by atoms with Gasteiger partial charge >= 0.3 is 5.97 Å². The number of hydrogen-bond acceptors (Lipinski definition) is 5. The monoisotopic (exact) mass is 377 g/mol. The maximum absolute atomic E-state index is 12.2. The summed E-state index contributed by atoms with van der Waals surface area (Å²) in [6.45, 7) is 7.71. The van der Waals surface area contributed by atoms with E-state index in [2.05, 4.69) is 23.9 Å². The van der Waals surface area contributed by atoms with Gasteiger partial charge in [0.15, 0.2) is 18.2 Å². The number of carbonyl (C=O) groups is 2. The van der Waals surface area contributed by atoms with E-state index in [1.54, 1.807) is 28.9 Å². The summed E-state index contributed by atoms with van der Waals surface area (Å²) in [6, 6.07) is 12.6. The van der Waals surface area contributed by atoms with Gasteiger partial charge in [-0.25, -0.2) is 14.5 Å². The number of esters is 1. The van der Waals surface area contributed by atoms with Crippen LogP contribution < -0.4 is 0 Å². The smallest absolute Gasteiger partial charge is 0.340 e. The van der Waals surface area contributed by atoms with Gasteiger partial charge in [0.2, 0.25) is 0 Å². The minimum absolute atomic E-state index is 0.240. The molecule has 0 aliphatic heterocycles. The van der Waals surface area contributed by atoms with E-state index in [9.17, 15) is 9.59 Å². The minimum Gasteiger partial charge on any atom is -0.454 e. The fourth-order valence-corrected chi connectivity index (χ4v) is 2.84. The molecule has 1 aromatic carbocycles. The van der Waals surface area contributed by atoms with Gasteiger partial charge in [0, 0.05) is 17.5 Å². The summed E-state index contributed by atoms with van der Waals surface area (Å²) in [5.41, 5.74) is 3.81. The van der Waals surface area contributed by atoms with Crippen molar-refractivity contribution in [3.8, 4) is 5.82 Å². The van der Waals surface area contributed by atoms with E-state index in [0.29, 0.717) is 17.3 Å². The Morgan fingerprint density at radius 2 is 1.71 bits per heavy atom. The number of benzene rings is 1. The summed E-state index contributed by atoms with van der Waals surface area (Å²) in [7, 11) is 0. The third-order valence-electron chi connectivity index (χ3n) is 4.44. The Hall–Kier alpha value is -3.28. The molecule has 144 valence electrons. The van der Waals surface area contributed by atoms with E-state index < -0.39 is 5.97 Å². The zero-order valence-corrected chi connectivity index (χ0v) is 16.5. The highest BCUT2D eigenvalue weighted by Crippen LogP contribution is 2.15. The largest absolute Gasteiger partial charge is 0.454 e. The Morgan fingerprint density at radius 3 is 2.25 bits per heavy atom. The van der Waals surface area contributed by atoms with Crippen molar-refractivity contribution in [2.24, 2.45) is 0 Å². The number of ketones is 1. The molecule has 2 aromatic heterocycles. The normalized spacial score (nSPS) is 10.9. The molecule has 0 spiro atoms. The highest BCUT2D eigenvalue weighted by molar-refractivity contribution is 5.99. The molecule has 0 unspecified atom stereocenters. The molecule has 3 rings (SSSR count). The molecule has 0 atom stereocenters. The van der Waals surface area contributed by atoms with Gasteiger partial charge in [-0.3, -0.25) is 4.79 Å². The van der Waals surface area contributed by atoms with E-state index in [1.807, 2.05) is 32.0 Å². The van der Waals surface area contributed by atoms with Crippen LogP contribution in [0.1, 0.15) is 57.4 Å². The summed E-state index contributed by atoms with van der Waals surface area (Å²) < 4.78 is 6.85. The molecule has 0 fully saturated rings. The number of rotatable bonds is 6. The van der Waals surface area contributed by atoms with Crippen LogP contribution in [0.4, 0.5) is 0 Å². The second-order valence-electron chi connectivity index (χ2n) is 7.02. The van der Waals surface area contributed by atoms with E-state index in [-0.39, 0.29) is 18.0 Å². The zero-order valence-electron chi connectivity index (χ0n) is 16.5. The molecule has 0 saturated carbocycles. The van der Waals surface area contributed by atoms with Crippen LogP contribution in [0.2, 0.25) is 0 Å². The fourth-order valence-electron chi connectivity index (χ4n) is 2.84. The van der Waals surface area contributed by atoms with Crippen LogP contribution in [0.5, 0.6) is 0 Å². The Kier molecular flexibility index (Phi) is 5.68. The van der Waals surface area contributed by atoms with Gasteiger partial charge in [-0.05, 0) is 43.5 Å². The van der Waals surface area contributed by atoms with Crippen molar-refractivity contribution in [3.05, 3.63) is 76.7 Å². The molecule has 0 saturated heterocycles. The van der Waals surface area contributed by atoms with Crippen molar-refractivity contribution in [3.63, 3.8) is 0 Å². The summed E-state index contributed by atoms with van der Waals surface area (Å²) in [5.74, 6) is 0.186. The van der Waals surface area contributed by atoms with Gasteiger partial charge in [0.05, 0.1) is 11.3 Å². The number of nitrogens with zero attached hydrogens (tertiary/aromatic N) is 3. The molecule has 28 heavy (non-hydrogen) atoms.